The summed E-state index contributed by atoms with van der Waals surface area (Å²) < 4.78 is 0. The summed E-state index contributed by atoms with van der Waals surface area (Å²) in [6.07, 6.45) is 2.42. The minimum Gasteiger partial charge on any atom is -0.395 e. The number of aliphatic hydroxyl groups is 2. The summed E-state index contributed by atoms with van der Waals surface area (Å²) >= 11 is 0. The van der Waals surface area contributed by atoms with Crippen molar-refractivity contribution in [1.82, 2.24) is 4.90 Å². The van der Waals surface area contributed by atoms with Crippen LogP contribution in [0.1, 0.15) is 0 Å². The molecule has 0 aromatic carbocycles. The molecule has 14 heavy (non-hydrogen) atoms. The lowest BCUT2D eigenvalue weighted by Crippen LogP contribution is -2.28. The lowest BCUT2D eigenvalue weighted by atomic mass is 10.3. The monoisotopic (exact) mass is 191 g/mol. The lowest BCUT2D eigenvalue weighted by molar-refractivity contribution is 0.223. The zero-order valence-corrected chi connectivity index (χ0v) is 7.90. The molecule has 1 unspecified atom stereocenters. The van der Waals surface area contributed by atoms with Gasteiger partial charge in [0.25, 0.3) is 0 Å². The Labute approximate surface area is 84.0 Å². The molecule has 2 N–H and O–H groups in total. The standard InChI is InChI=1S/C11H13NO2/c13-10-9-12-7-3-1-2-5-11(14)6-4-8-12/h2,5,11,13-14H,7-10H2/b5-2-. The molecular weight excluding hydrogens is 178 g/mol. The van der Waals surface area contributed by atoms with Crippen LogP contribution >= 0.6 is 0 Å². The van der Waals surface area contributed by atoms with Gasteiger partial charge < -0.3 is 10.2 Å². The van der Waals surface area contributed by atoms with Crippen molar-refractivity contribution in [3.63, 3.8) is 0 Å². The van der Waals surface area contributed by atoms with Crippen molar-refractivity contribution in [3.8, 4) is 23.7 Å². The Hall–Kier alpha value is -1.26. The molecule has 1 aliphatic heterocycles. The van der Waals surface area contributed by atoms with Crippen LogP contribution in [0.4, 0.5) is 0 Å². The minimum absolute atomic E-state index is 0.0990. The fourth-order valence-corrected chi connectivity index (χ4v) is 1.02. The molecule has 1 rings (SSSR count). The summed E-state index contributed by atoms with van der Waals surface area (Å²) in [5.41, 5.74) is 0. The number of rotatable bonds is 2. The maximum absolute atomic E-state index is 9.25. The van der Waals surface area contributed by atoms with Crippen LogP contribution in [0.5, 0.6) is 0 Å². The highest BCUT2D eigenvalue weighted by Crippen LogP contribution is 1.89. The van der Waals surface area contributed by atoms with E-state index in [0.717, 1.165) is 0 Å². The summed E-state index contributed by atoms with van der Waals surface area (Å²) in [7, 11) is 0. The summed E-state index contributed by atoms with van der Waals surface area (Å²) in [6.45, 7) is 1.78. The quantitative estimate of drug-likeness (QED) is 0.563. The Balaban J connectivity index is 2.63. The second-order valence-electron chi connectivity index (χ2n) is 2.88. The first-order valence-corrected chi connectivity index (χ1v) is 4.47. The molecule has 3 nitrogen and oxygen atoms in total. The smallest absolute Gasteiger partial charge is 0.134 e. The zero-order chi connectivity index (χ0) is 10.2. The van der Waals surface area contributed by atoms with Crippen molar-refractivity contribution in [2.75, 3.05) is 26.2 Å². The van der Waals surface area contributed by atoms with Crippen LogP contribution in [0.25, 0.3) is 0 Å². The fraction of sp³-hybridized carbons (Fsp3) is 0.455. The Bertz CT molecular complexity index is 314. The predicted molar refractivity (Wildman–Crippen MR) is 54.2 cm³/mol. The predicted octanol–water partition coefficient (Wildman–Crippen LogP) is -0.782. The van der Waals surface area contributed by atoms with Crippen molar-refractivity contribution in [1.29, 1.82) is 0 Å². The average molecular weight is 191 g/mol. The lowest BCUT2D eigenvalue weighted by Gasteiger charge is -2.14. The Morgan fingerprint density at radius 3 is 2.93 bits per heavy atom. The van der Waals surface area contributed by atoms with Gasteiger partial charge in [-0.15, -0.1) is 0 Å². The van der Waals surface area contributed by atoms with E-state index in [1.165, 1.54) is 0 Å². The minimum atomic E-state index is -0.738. The van der Waals surface area contributed by atoms with Gasteiger partial charge in [-0.05, 0) is 12.2 Å². The van der Waals surface area contributed by atoms with E-state index in [-0.39, 0.29) is 6.61 Å². The molecule has 1 aliphatic rings. The van der Waals surface area contributed by atoms with Crippen LogP contribution in [0.2, 0.25) is 0 Å². The maximum Gasteiger partial charge on any atom is 0.134 e. The number of β-amino-alcohol motifs (C(OH)–C–C–N with tert-alkyl or cyclic N) is 1. The molecule has 3 heteroatoms. The first kappa shape index (κ1) is 10.8. The highest BCUT2D eigenvalue weighted by atomic mass is 16.3. The van der Waals surface area contributed by atoms with Crippen molar-refractivity contribution in [3.05, 3.63) is 12.2 Å². The molecule has 0 saturated carbocycles. The molecule has 0 radical (unpaired) electrons. The van der Waals surface area contributed by atoms with E-state index in [1.54, 1.807) is 12.2 Å². The molecule has 0 spiro atoms. The van der Waals surface area contributed by atoms with Gasteiger partial charge in [-0.1, -0.05) is 23.7 Å². The molecule has 0 bridgehead atoms. The summed E-state index contributed by atoms with van der Waals surface area (Å²) in [5, 5.41) is 18.0. The number of aliphatic hydroxyl groups excluding tert-OH is 2. The zero-order valence-electron chi connectivity index (χ0n) is 7.90. The van der Waals surface area contributed by atoms with Gasteiger partial charge in [0.1, 0.15) is 6.10 Å². The molecule has 1 atom stereocenters. The summed E-state index contributed by atoms with van der Waals surface area (Å²) in [6, 6.07) is 0. The van der Waals surface area contributed by atoms with Gasteiger partial charge >= 0.3 is 0 Å². The van der Waals surface area contributed by atoms with Gasteiger partial charge in [0.05, 0.1) is 19.7 Å². The first-order valence-electron chi connectivity index (χ1n) is 4.47. The molecule has 0 saturated heterocycles. The third kappa shape index (κ3) is 4.11. The van der Waals surface area contributed by atoms with Crippen LogP contribution in [-0.4, -0.2) is 47.5 Å². The van der Waals surface area contributed by atoms with E-state index in [9.17, 15) is 5.11 Å². The summed E-state index contributed by atoms with van der Waals surface area (Å²) in [5.74, 6) is 11.2. The van der Waals surface area contributed by atoms with Crippen molar-refractivity contribution >= 4 is 0 Å². The first-order chi connectivity index (χ1) is 6.83. The van der Waals surface area contributed by atoms with Crippen molar-refractivity contribution in [2.45, 2.75) is 6.10 Å². The van der Waals surface area contributed by atoms with E-state index >= 15 is 0 Å². The van der Waals surface area contributed by atoms with E-state index < -0.39 is 6.10 Å². The van der Waals surface area contributed by atoms with E-state index in [4.69, 9.17) is 5.11 Å². The number of hydrogen-bond acceptors (Lipinski definition) is 3. The summed E-state index contributed by atoms with van der Waals surface area (Å²) in [4.78, 5) is 1.92. The van der Waals surface area contributed by atoms with Gasteiger partial charge in [0.2, 0.25) is 0 Å². The van der Waals surface area contributed by atoms with Crippen molar-refractivity contribution < 1.29 is 10.2 Å². The second kappa shape index (κ2) is 6.23. The van der Waals surface area contributed by atoms with Crippen LogP contribution in [0.3, 0.4) is 0 Å². The molecule has 0 aliphatic carbocycles. The molecule has 74 valence electrons. The largest absolute Gasteiger partial charge is 0.395 e. The van der Waals surface area contributed by atoms with Crippen LogP contribution in [0, 0.1) is 23.7 Å². The highest BCUT2D eigenvalue weighted by molar-refractivity contribution is 5.23. The molecule has 1 heterocycles. The number of hydrogen-bond donors (Lipinski definition) is 2. The topological polar surface area (TPSA) is 43.7 Å². The van der Waals surface area contributed by atoms with Crippen molar-refractivity contribution in [2.24, 2.45) is 0 Å². The third-order valence-electron chi connectivity index (χ3n) is 1.74. The Morgan fingerprint density at radius 2 is 2.14 bits per heavy atom. The molecular formula is C11H13NO2. The SMILES string of the molecule is OCCN1CC#C/C=C\C(O)C#CC1. The van der Waals surface area contributed by atoms with Gasteiger partial charge in [0, 0.05) is 6.54 Å². The van der Waals surface area contributed by atoms with E-state index in [1.807, 2.05) is 4.90 Å². The number of allylic oxidation sites excluding steroid dienone is 1. The maximum atomic E-state index is 9.25. The van der Waals surface area contributed by atoms with Gasteiger partial charge in [-0.2, -0.15) is 0 Å². The molecule has 0 aromatic heterocycles. The van der Waals surface area contributed by atoms with Gasteiger partial charge in [0.15, 0.2) is 0 Å². The van der Waals surface area contributed by atoms with Gasteiger partial charge in [-0.25, -0.2) is 0 Å². The van der Waals surface area contributed by atoms with E-state index in [2.05, 4.69) is 23.7 Å². The second-order valence-corrected chi connectivity index (χ2v) is 2.88. The molecule has 0 aromatic rings. The normalized spacial score (nSPS) is 24.0. The average Bonchev–Trinajstić information content (AvgIpc) is 2.17. The van der Waals surface area contributed by atoms with E-state index in [0.29, 0.717) is 19.6 Å². The molecule has 0 fully saturated rings. The third-order valence-corrected chi connectivity index (χ3v) is 1.74. The Kier molecular flexibility index (Phi) is 4.82. The van der Waals surface area contributed by atoms with Crippen LogP contribution in [-0.2, 0) is 0 Å². The fourth-order valence-electron chi connectivity index (χ4n) is 1.02. The molecule has 0 amide bonds. The highest BCUT2D eigenvalue weighted by Gasteiger charge is 2.00. The Morgan fingerprint density at radius 1 is 1.36 bits per heavy atom. The van der Waals surface area contributed by atoms with Gasteiger partial charge in [-0.3, -0.25) is 4.90 Å². The number of nitrogens with zero attached hydrogens (tertiary/aromatic N) is 1. The van der Waals surface area contributed by atoms with Crippen LogP contribution < -0.4 is 0 Å². The van der Waals surface area contributed by atoms with Crippen LogP contribution in [0.15, 0.2) is 12.2 Å².